The van der Waals surface area contributed by atoms with Gasteiger partial charge in [-0.15, -0.1) is 0 Å². The largest absolute Gasteiger partial charge is 0.548 e. The second-order valence-electron chi connectivity index (χ2n) is 18.6. The molecule has 0 amide bonds. The van der Waals surface area contributed by atoms with Crippen LogP contribution < -0.4 is 15.1 Å². The van der Waals surface area contributed by atoms with Crippen LogP contribution in [0.15, 0.2) is 0 Å². The van der Waals surface area contributed by atoms with Gasteiger partial charge in [0.2, 0.25) is 0 Å². The topological polar surface area (TPSA) is 166 Å². The third kappa shape index (κ3) is 70.4. The minimum atomic E-state index is -1.44. The Morgan fingerprint density at radius 2 is 0.581 bits per heavy atom. The molecular formula is C52H110N2O8. The molecule has 5 N–H and O–H groups in total. The van der Waals surface area contributed by atoms with Gasteiger partial charge in [0.25, 0.3) is 0 Å². The van der Waals surface area contributed by atoms with Crippen molar-refractivity contribution in [2.45, 2.75) is 252 Å². The second kappa shape index (κ2) is 59.7. The average Bonchev–Trinajstić information content (AvgIpc) is 3.25. The van der Waals surface area contributed by atoms with E-state index in [9.17, 15) is 5.11 Å². The summed E-state index contributed by atoms with van der Waals surface area (Å²) in [7, 11) is 4.45. The zero-order valence-electron chi connectivity index (χ0n) is 42.2. The zero-order valence-corrected chi connectivity index (χ0v) is 42.2. The number of hydrogen-bond acceptors (Lipinski definition) is 8. The van der Waals surface area contributed by atoms with Crippen LogP contribution in [0.2, 0.25) is 0 Å². The Hall–Kier alpha value is -1.30. The number of carbonyl (C=O) groups is 2. The molecule has 0 saturated heterocycles. The molecule has 0 unspecified atom stereocenters. The van der Waals surface area contributed by atoms with Gasteiger partial charge in [-0.05, 0) is 38.5 Å². The van der Waals surface area contributed by atoms with Gasteiger partial charge in [0.1, 0.15) is 13.1 Å². The van der Waals surface area contributed by atoms with E-state index in [0.717, 1.165) is 17.6 Å². The first kappa shape index (κ1) is 67.3. The van der Waals surface area contributed by atoms with E-state index in [0.29, 0.717) is 13.2 Å². The molecule has 0 aliphatic rings. The standard InChI is InChI=1S/C26H55NO.C22H48NO.2C2H4O3/c1-3-5-7-9-11-13-15-17-19-21-23-27(25-26-28)24-22-20-18-16-14-12-10-8-6-4-2;1-4-5-6-7-8-9-10-11-12-13-14-15-16-17-18-19-20-23(2,3)21-22-24;2*3-1-2(4)5/h28H,3-26H2,1-2H3;24H,4-22H2,1-3H3;2*3H,1H2,(H,4,5)/q;+1;;/p-1. The first-order valence-electron chi connectivity index (χ1n) is 26.5. The zero-order chi connectivity index (χ0) is 47.1. The Kier molecular flexibility index (Phi) is 64.8. The molecule has 0 atom stereocenters. The minimum absolute atomic E-state index is 0.311. The molecule has 10 heteroatoms. The van der Waals surface area contributed by atoms with Gasteiger partial charge in [-0.1, -0.05) is 213 Å². The van der Waals surface area contributed by atoms with E-state index >= 15 is 0 Å². The van der Waals surface area contributed by atoms with Crippen LogP contribution in [0.3, 0.4) is 0 Å². The third-order valence-electron chi connectivity index (χ3n) is 11.8. The fourth-order valence-electron chi connectivity index (χ4n) is 7.73. The number of carboxylic acids is 2. The van der Waals surface area contributed by atoms with Crippen molar-refractivity contribution in [1.82, 2.24) is 0 Å². The summed E-state index contributed by atoms with van der Waals surface area (Å²) < 4.78 is 0.967. The Labute approximate surface area is 385 Å². The van der Waals surface area contributed by atoms with Crippen molar-refractivity contribution >= 4 is 11.9 Å². The van der Waals surface area contributed by atoms with Crippen molar-refractivity contribution in [3.8, 4) is 0 Å². The molecule has 0 aromatic carbocycles. The van der Waals surface area contributed by atoms with Gasteiger partial charge in [-0.3, -0.25) is 0 Å². The number of likely N-dealkylation sites (N-methyl/N-ethyl adjacent to an activating group) is 1. The number of unbranched alkanes of at least 4 members (excludes halogenated alkanes) is 33. The number of carbonyl (C=O) groups excluding carboxylic acids is 2. The van der Waals surface area contributed by atoms with Crippen molar-refractivity contribution in [2.24, 2.45) is 0 Å². The van der Waals surface area contributed by atoms with Gasteiger partial charge < -0.3 is 49.6 Å². The van der Waals surface area contributed by atoms with E-state index in [1.807, 2.05) is 0 Å². The SMILES string of the molecule is CCCCCCCCCCCCCCCCCC[N+](C)(C)CCO.CCCCCCCCCCCC[NH+](CCO)CCCCCCCCCCCC.O=C([O-])CO.O=C([O-])CO. The van der Waals surface area contributed by atoms with E-state index in [1.54, 1.807) is 4.90 Å². The van der Waals surface area contributed by atoms with E-state index in [-0.39, 0.29) is 0 Å². The highest BCUT2D eigenvalue weighted by Crippen LogP contribution is 2.15. The fraction of sp³-hybridized carbons (Fsp3) is 0.962. The van der Waals surface area contributed by atoms with Gasteiger partial charge in [0.15, 0.2) is 0 Å². The molecule has 0 bridgehead atoms. The number of carboxylic acid groups (broad SMARTS) is 2. The number of aliphatic hydroxyl groups excluding tert-OH is 4. The maximum atomic E-state index is 9.34. The van der Waals surface area contributed by atoms with Gasteiger partial charge in [-0.25, -0.2) is 0 Å². The van der Waals surface area contributed by atoms with Crippen LogP contribution >= 0.6 is 0 Å². The highest BCUT2D eigenvalue weighted by atomic mass is 16.4. The van der Waals surface area contributed by atoms with E-state index in [1.165, 1.54) is 251 Å². The first-order valence-corrected chi connectivity index (χ1v) is 26.5. The second-order valence-corrected chi connectivity index (χ2v) is 18.6. The highest BCUT2D eigenvalue weighted by molar-refractivity contribution is 5.65. The van der Waals surface area contributed by atoms with Gasteiger partial charge in [0.05, 0.1) is 72.1 Å². The molecule has 10 nitrogen and oxygen atoms in total. The van der Waals surface area contributed by atoms with Gasteiger partial charge in [-0.2, -0.15) is 0 Å². The van der Waals surface area contributed by atoms with Crippen LogP contribution in [0.5, 0.6) is 0 Å². The lowest BCUT2D eigenvalue weighted by Gasteiger charge is -2.28. The molecule has 0 heterocycles. The smallest absolute Gasteiger partial charge is 0.102 e. The average molecular weight is 891 g/mol. The number of rotatable bonds is 45. The molecular weight excluding hydrogens is 781 g/mol. The molecule has 0 radical (unpaired) electrons. The summed E-state index contributed by atoms with van der Waals surface area (Å²) in [6, 6.07) is 0. The number of aliphatic carboxylic acids is 2. The monoisotopic (exact) mass is 891 g/mol. The van der Waals surface area contributed by atoms with Crippen molar-refractivity contribution < 1.29 is 49.6 Å². The summed E-state index contributed by atoms with van der Waals surface area (Å²) in [5.41, 5.74) is 0. The maximum Gasteiger partial charge on any atom is 0.102 e. The Morgan fingerprint density at radius 1 is 0.355 bits per heavy atom. The summed E-state index contributed by atoms with van der Waals surface area (Å²) in [6.07, 6.45) is 51.1. The summed E-state index contributed by atoms with van der Waals surface area (Å²) in [5, 5.41) is 51.3. The summed E-state index contributed by atoms with van der Waals surface area (Å²) in [5.74, 6) is -2.88. The molecule has 376 valence electrons. The van der Waals surface area contributed by atoms with E-state index < -0.39 is 25.2 Å². The number of nitrogens with zero attached hydrogens (tertiary/aromatic N) is 1. The summed E-state index contributed by atoms with van der Waals surface area (Å²) in [6.45, 7) is 11.3. The van der Waals surface area contributed by atoms with Crippen molar-refractivity contribution in [1.29, 1.82) is 0 Å². The normalized spacial score (nSPS) is 11.1. The number of quaternary nitrogens is 2. The third-order valence-corrected chi connectivity index (χ3v) is 11.8. The molecule has 0 spiro atoms. The first-order chi connectivity index (χ1) is 30.0. The molecule has 0 aromatic rings. The molecule has 0 saturated carbocycles. The fourth-order valence-corrected chi connectivity index (χ4v) is 7.73. The van der Waals surface area contributed by atoms with E-state index in [2.05, 4.69) is 34.9 Å². The summed E-state index contributed by atoms with van der Waals surface area (Å²) >= 11 is 0. The van der Waals surface area contributed by atoms with E-state index in [4.69, 9.17) is 35.1 Å². The lowest BCUT2D eigenvalue weighted by atomic mass is 10.0. The lowest BCUT2D eigenvalue weighted by molar-refractivity contribution is -0.901. The molecule has 0 rings (SSSR count). The summed E-state index contributed by atoms with van der Waals surface area (Å²) in [4.78, 5) is 19.7. The van der Waals surface area contributed by atoms with Crippen LogP contribution in [0, 0.1) is 0 Å². The number of nitrogens with one attached hydrogen (secondary N) is 1. The number of hydrogen-bond donors (Lipinski definition) is 5. The van der Waals surface area contributed by atoms with Crippen LogP contribution in [0.4, 0.5) is 0 Å². The predicted octanol–water partition coefficient (Wildman–Crippen LogP) is 8.48. The van der Waals surface area contributed by atoms with Crippen LogP contribution in [0.25, 0.3) is 0 Å². The molecule has 62 heavy (non-hydrogen) atoms. The van der Waals surface area contributed by atoms with Crippen LogP contribution in [0.1, 0.15) is 252 Å². The Morgan fingerprint density at radius 3 is 0.790 bits per heavy atom. The Balaban J connectivity index is -0.000000447. The minimum Gasteiger partial charge on any atom is -0.548 e. The van der Waals surface area contributed by atoms with Gasteiger partial charge >= 0.3 is 0 Å². The number of aliphatic hydroxyl groups is 4. The highest BCUT2D eigenvalue weighted by Gasteiger charge is 2.12. The van der Waals surface area contributed by atoms with Crippen LogP contribution in [-0.4, -0.2) is 110 Å². The van der Waals surface area contributed by atoms with Crippen molar-refractivity contribution in [2.75, 3.05) is 73.2 Å². The Bertz CT molecular complexity index is 795. The van der Waals surface area contributed by atoms with Crippen LogP contribution in [-0.2, 0) is 9.59 Å². The maximum absolute atomic E-state index is 9.34. The lowest BCUT2D eigenvalue weighted by Crippen LogP contribution is -3.12. The predicted molar refractivity (Wildman–Crippen MR) is 259 cm³/mol. The van der Waals surface area contributed by atoms with Gasteiger partial charge in [0, 0.05) is 0 Å². The quantitative estimate of drug-likeness (QED) is 0.0300. The molecule has 0 aliphatic carbocycles. The molecule has 0 aromatic heterocycles. The van der Waals surface area contributed by atoms with Crippen molar-refractivity contribution in [3.63, 3.8) is 0 Å². The van der Waals surface area contributed by atoms with Crippen molar-refractivity contribution in [3.05, 3.63) is 0 Å². The molecule has 0 aliphatic heterocycles. The molecule has 0 fully saturated rings.